The van der Waals surface area contributed by atoms with Gasteiger partial charge in [-0.15, -0.1) is 0 Å². The predicted molar refractivity (Wildman–Crippen MR) is 51.5 cm³/mol. The van der Waals surface area contributed by atoms with Crippen LogP contribution in [0.4, 0.5) is 18.9 Å². The minimum atomic E-state index is -4.27. The second kappa shape index (κ2) is 3.08. The molecule has 0 unspecified atom stereocenters. The number of alkyl halides is 3. The Morgan fingerprint density at radius 3 is 2.64 bits per heavy atom. The van der Waals surface area contributed by atoms with Crippen molar-refractivity contribution >= 4 is 18.5 Å². The highest BCUT2D eigenvalue weighted by molar-refractivity contribution is 7.81. The molecule has 1 nitrogen and oxygen atoms in total. The van der Waals surface area contributed by atoms with Crippen LogP contribution in [0.3, 0.4) is 0 Å². The van der Waals surface area contributed by atoms with Gasteiger partial charge in [0.2, 0.25) is 0 Å². The Morgan fingerprint density at radius 1 is 1.29 bits per heavy atom. The largest absolute Gasteiger partial charge is 0.416 e. The molecule has 1 aromatic rings. The van der Waals surface area contributed by atoms with Crippen molar-refractivity contribution in [2.45, 2.75) is 12.6 Å². The number of fused-ring (bicyclic) bond motifs is 1. The number of halogens is 3. The smallest absolute Gasteiger partial charge is 0.318 e. The summed E-state index contributed by atoms with van der Waals surface area (Å²) in [6.07, 6.45) is -3.51. The molecule has 0 saturated heterocycles. The number of hydrogen-bond acceptors (Lipinski definition) is 2. The van der Waals surface area contributed by atoms with Crippen molar-refractivity contribution in [3.8, 4) is 0 Å². The van der Waals surface area contributed by atoms with Crippen LogP contribution in [0.1, 0.15) is 11.1 Å². The molecule has 0 N–H and O–H groups in total. The molecule has 1 heterocycles. The summed E-state index contributed by atoms with van der Waals surface area (Å²) in [5.74, 6) is 0. The van der Waals surface area contributed by atoms with E-state index in [1.54, 1.807) is 4.31 Å². The lowest BCUT2D eigenvalue weighted by atomic mass is 10.1. The van der Waals surface area contributed by atoms with Gasteiger partial charge in [0, 0.05) is 6.54 Å². The van der Waals surface area contributed by atoms with E-state index in [0.717, 1.165) is 24.1 Å². The summed E-state index contributed by atoms with van der Waals surface area (Å²) in [7, 11) is 0. The second-order valence-electron chi connectivity index (χ2n) is 3.21. The van der Waals surface area contributed by atoms with Gasteiger partial charge in [0.15, 0.2) is 0 Å². The molecule has 5 heteroatoms. The quantitative estimate of drug-likeness (QED) is 0.656. The van der Waals surface area contributed by atoms with Gasteiger partial charge in [-0.05, 0) is 24.1 Å². The Kier molecular flexibility index (Phi) is 2.14. The Hall–Kier alpha value is -0.840. The number of nitrogens with zero attached hydrogens (tertiary/aromatic N) is 1. The van der Waals surface area contributed by atoms with E-state index >= 15 is 0 Å². The van der Waals surface area contributed by atoms with Crippen LogP contribution in [0.15, 0.2) is 18.2 Å². The van der Waals surface area contributed by atoms with Crippen molar-refractivity contribution in [1.29, 1.82) is 0 Å². The average molecular weight is 219 g/mol. The van der Waals surface area contributed by atoms with Gasteiger partial charge in [-0.25, -0.2) is 0 Å². The molecule has 0 amide bonds. The monoisotopic (exact) mass is 219 g/mol. The van der Waals surface area contributed by atoms with Crippen molar-refractivity contribution in [2.75, 3.05) is 10.8 Å². The molecule has 0 fully saturated rings. The van der Waals surface area contributed by atoms with Gasteiger partial charge in [-0.2, -0.15) is 13.2 Å². The zero-order chi connectivity index (χ0) is 10.3. The van der Waals surface area contributed by atoms with Gasteiger partial charge in [0.25, 0.3) is 0 Å². The molecule has 0 spiro atoms. The summed E-state index contributed by atoms with van der Waals surface area (Å²) >= 11 is 4.08. The number of rotatable bonds is 0. The molecular formula is C9H8F3NS. The van der Waals surface area contributed by atoms with Crippen LogP contribution in [0.25, 0.3) is 0 Å². The predicted octanol–water partition coefficient (Wildman–Crippen LogP) is 2.91. The summed E-state index contributed by atoms with van der Waals surface area (Å²) in [5.41, 5.74) is 0.883. The third-order valence-electron chi connectivity index (χ3n) is 2.28. The van der Waals surface area contributed by atoms with Gasteiger partial charge < -0.3 is 4.31 Å². The van der Waals surface area contributed by atoms with Crippen molar-refractivity contribution < 1.29 is 13.2 Å². The third kappa shape index (κ3) is 1.56. The van der Waals surface area contributed by atoms with Crippen molar-refractivity contribution in [1.82, 2.24) is 0 Å². The van der Waals surface area contributed by atoms with Crippen molar-refractivity contribution in [3.05, 3.63) is 29.3 Å². The molecule has 1 aliphatic rings. The van der Waals surface area contributed by atoms with E-state index in [1.807, 2.05) is 0 Å². The van der Waals surface area contributed by atoms with E-state index in [4.69, 9.17) is 0 Å². The lowest BCUT2D eigenvalue weighted by molar-refractivity contribution is -0.137. The fourth-order valence-corrected chi connectivity index (χ4v) is 1.82. The topological polar surface area (TPSA) is 3.24 Å². The fraction of sp³-hybridized carbons (Fsp3) is 0.333. The summed E-state index contributed by atoms with van der Waals surface area (Å²) < 4.78 is 38.6. The first-order valence-electron chi connectivity index (χ1n) is 4.15. The number of hydrogen-bond donors (Lipinski definition) is 1. The van der Waals surface area contributed by atoms with Crippen LogP contribution < -0.4 is 4.31 Å². The van der Waals surface area contributed by atoms with Crippen molar-refractivity contribution in [2.24, 2.45) is 0 Å². The summed E-state index contributed by atoms with van der Waals surface area (Å²) in [6, 6.07) is 3.79. The Bertz CT molecular complexity index is 362. The molecular weight excluding hydrogens is 211 g/mol. The molecule has 0 atom stereocenters. The van der Waals surface area contributed by atoms with Gasteiger partial charge in [0.05, 0.1) is 11.3 Å². The molecule has 1 aromatic carbocycles. The highest BCUT2D eigenvalue weighted by Crippen LogP contribution is 2.36. The molecule has 1 aliphatic heterocycles. The molecule has 0 bridgehead atoms. The first kappa shape index (κ1) is 9.71. The van der Waals surface area contributed by atoms with Gasteiger partial charge >= 0.3 is 6.18 Å². The fourth-order valence-electron chi connectivity index (χ4n) is 1.54. The molecule has 0 saturated carbocycles. The first-order valence-corrected chi connectivity index (χ1v) is 4.55. The minimum Gasteiger partial charge on any atom is -0.318 e. The average Bonchev–Trinajstić information content (AvgIpc) is 2.46. The van der Waals surface area contributed by atoms with E-state index < -0.39 is 11.7 Å². The van der Waals surface area contributed by atoms with E-state index in [9.17, 15) is 13.2 Å². The van der Waals surface area contributed by atoms with Crippen LogP contribution in [0.2, 0.25) is 0 Å². The maximum atomic E-state index is 12.3. The number of thiol groups is 1. The molecule has 2 rings (SSSR count). The van der Waals surface area contributed by atoms with Gasteiger partial charge in [-0.1, -0.05) is 18.9 Å². The highest BCUT2D eigenvalue weighted by atomic mass is 32.1. The maximum Gasteiger partial charge on any atom is 0.416 e. The zero-order valence-corrected chi connectivity index (χ0v) is 8.07. The van der Waals surface area contributed by atoms with Crippen LogP contribution in [0, 0.1) is 0 Å². The lowest BCUT2D eigenvalue weighted by Gasteiger charge is -2.13. The lowest BCUT2D eigenvalue weighted by Crippen LogP contribution is -2.08. The molecule has 0 aliphatic carbocycles. The SMILES string of the molecule is FC(F)(F)c1ccc2c(c1)N(S)CC2. The van der Waals surface area contributed by atoms with E-state index in [0.29, 0.717) is 12.2 Å². The van der Waals surface area contributed by atoms with E-state index in [2.05, 4.69) is 12.8 Å². The normalized spacial score (nSPS) is 15.9. The van der Waals surface area contributed by atoms with E-state index in [-0.39, 0.29) is 0 Å². The number of anilines is 1. The van der Waals surface area contributed by atoms with Crippen LogP contribution in [-0.4, -0.2) is 6.54 Å². The number of benzene rings is 1. The van der Waals surface area contributed by atoms with Crippen LogP contribution in [0.5, 0.6) is 0 Å². The standard InChI is InChI=1S/C9H8F3NS/c10-9(11,12)7-2-1-6-3-4-13(14)8(6)5-7/h1-2,5,14H,3-4H2. The van der Waals surface area contributed by atoms with E-state index in [1.165, 1.54) is 6.07 Å². The molecule has 76 valence electrons. The highest BCUT2D eigenvalue weighted by Gasteiger charge is 2.32. The summed E-state index contributed by atoms with van der Waals surface area (Å²) in [6.45, 7) is 0.666. The molecule has 14 heavy (non-hydrogen) atoms. The summed E-state index contributed by atoms with van der Waals surface area (Å²) in [4.78, 5) is 0. The summed E-state index contributed by atoms with van der Waals surface area (Å²) in [5, 5.41) is 0. The van der Waals surface area contributed by atoms with Gasteiger partial charge in [-0.3, -0.25) is 0 Å². The maximum absolute atomic E-state index is 12.3. The van der Waals surface area contributed by atoms with Crippen LogP contribution >= 0.6 is 12.8 Å². The zero-order valence-electron chi connectivity index (χ0n) is 7.17. The Balaban J connectivity index is 2.45. The molecule has 0 aromatic heterocycles. The second-order valence-corrected chi connectivity index (χ2v) is 3.70. The van der Waals surface area contributed by atoms with Gasteiger partial charge in [0.1, 0.15) is 0 Å². The van der Waals surface area contributed by atoms with Crippen LogP contribution in [-0.2, 0) is 12.6 Å². The third-order valence-corrected chi connectivity index (χ3v) is 2.70. The molecule has 0 radical (unpaired) electrons. The Morgan fingerprint density at radius 2 is 2.00 bits per heavy atom. The minimum absolute atomic E-state index is 0.572. The first-order chi connectivity index (χ1) is 6.48. The van der Waals surface area contributed by atoms with Crippen molar-refractivity contribution in [3.63, 3.8) is 0 Å². The Labute approximate surface area is 85.1 Å².